The molecule has 3 heteroatoms. The lowest BCUT2D eigenvalue weighted by atomic mass is 10.0. The van der Waals surface area contributed by atoms with Crippen molar-refractivity contribution in [2.45, 2.75) is 19.4 Å². The van der Waals surface area contributed by atoms with Gasteiger partial charge in [-0.05, 0) is 24.1 Å². The van der Waals surface area contributed by atoms with Crippen molar-refractivity contribution in [1.29, 1.82) is 0 Å². The fraction of sp³-hybridized carbons (Fsp3) is 0.188. The van der Waals surface area contributed by atoms with E-state index in [0.717, 1.165) is 17.5 Å². The minimum atomic E-state index is 0.230. The van der Waals surface area contributed by atoms with Gasteiger partial charge < -0.3 is 10.3 Å². The summed E-state index contributed by atoms with van der Waals surface area (Å²) in [7, 11) is 0. The zero-order chi connectivity index (χ0) is 13.2. The van der Waals surface area contributed by atoms with Crippen LogP contribution in [-0.2, 0) is 0 Å². The molecule has 0 spiro atoms. The van der Waals surface area contributed by atoms with Gasteiger partial charge in [-0.25, -0.2) is 4.98 Å². The van der Waals surface area contributed by atoms with Crippen LogP contribution >= 0.6 is 0 Å². The third-order valence-corrected chi connectivity index (χ3v) is 3.51. The third kappa shape index (κ3) is 1.97. The number of nitrogens with two attached hydrogens (primary N) is 1. The second-order valence-electron chi connectivity index (χ2n) is 4.66. The van der Waals surface area contributed by atoms with Crippen molar-refractivity contribution >= 4 is 17.0 Å². The van der Waals surface area contributed by atoms with E-state index in [0.29, 0.717) is 5.95 Å². The molecule has 0 radical (unpaired) electrons. The van der Waals surface area contributed by atoms with Crippen molar-refractivity contribution in [2.75, 3.05) is 5.73 Å². The molecule has 0 saturated heterocycles. The van der Waals surface area contributed by atoms with E-state index >= 15 is 0 Å². The van der Waals surface area contributed by atoms with E-state index in [4.69, 9.17) is 5.73 Å². The molecule has 0 aliphatic heterocycles. The van der Waals surface area contributed by atoms with Gasteiger partial charge in [0, 0.05) is 0 Å². The largest absolute Gasteiger partial charge is 0.369 e. The first-order chi connectivity index (χ1) is 9.31. The topological polar surface area (TPSA) is 43.8 Å². The number of benzene rings is 2. The maximum Gasteiger partial charge on any atom is 0.201 e. The number of hydrogen-bond acceptors (Lipinski definition) is 2. The Balaban J connectivity index is 2.19. The maximum absolute atomic E-state index is 6.12. The van der Waals surface area contributed by atoms with E-state index < -0.39 is 0 Å². The maximum atomic E-state index is 6.12. The zero-order valence-corrected chi connectivity index (χ0v) is 11.0. The molecule has 3 rings (SSSR count). The van der Waals surface area contributed by atoms with Gasteiger partial charge in [0.2, 0.25) is 5.95 Å². The number of nitrogen functional groups attached to an aromatic ring is 1. The van der Waals surface area contributed by atoms with Gasteiger partial charge in [0.25, 0.3) is 0 Å². The Morgan fingerprint density at radius 3 is 2.47 bits per heavy atom. The summed E-state index contributed by atoms with van der Waals surface area (Å²) in [6.07, 6.45) is 0.981. The number of hydrogen-bond donors (Lipinski definition) is 1. The standard InChI is InChI=1S/C16H17N3/c1-2-14(12-8-4-3-5-9-12)19-15-11-7-6-10-13(15)18-16(19)17/h3-11,14H,2H2,1H3,(H2,17,18). The molecule has 0 fully saturated rings. The van der Waals surface area contributed by atoms with Gasteiger partial charge in [0.15, 0.2) is 0 Å². The van der Waals surface area contributed by atoms with Crippen LogP contribution in [0.5, 0.6) is 0 Å². The van der Waals surface area contributed by atoms with E-state index in [1.54, 1.807) is 0 Å². The molecule has 1 aromatic heterocycles. The average molecular weight is 251 g/mol. The molecule has 3 nitrogen and oxygen atoms in total. The smallest absolute Gasteiger partial charge is 0.201 e. The average Bonchev–Trinajstić information content (AvgIpc) is 2.78. The summed E-state index contributed by atoms with van der Waals surface area (Å²) in [5.41, 5.74) is 9.43. The van der Waals surface area contributed by atoms with E-state index in [1.165, 1.54) is 5.56 Å². The van der Waals surface area contributed by atoms with Crippen molar-refractivity contribution < 1.29 is 0 Å². The summed E-state index contributed by atoms with van der Waals surface area (Å²) in [4.78, 5) is 4.45. The molecule has 3 aromatic rings. The van der Waals surface area contributed by atoms with Crippen LogP contribution in [-0.4, -0.2) is 9.55 Å². The molecule has 19 heavy (non-hydrogen) atoms. The Kier molecular flexibility index (Phi) is 2.95. The molecule has 1 heterocycles. The first-order valence-corrected chi connectivity index (χ1v) is 6.58. The summed E-state index contributed by atoms with van der Waals surface area (Å²) in [6.45, 7) is 2.17. The molecular formula is C16H17N3. The first kappa shape index (κ1) is 11.8. The normalized spacial score (nSPS) is 12.7. The van der Waals surface area contributed by atoms with Crippen LogP contribution in [0.3, 0.4) is 0 Å². The molecule has 0 bridgehead atoms. The van der Waals surface area contributed by atoms with Gasteiger partial charge in [0.1, 0.15) is 0 Å². The molecule has 1 unspecified atom stereocenters. The summed E-state index contributed by atoms with van der Waals surface area (Å²) < 4.78 is 2.13. The van der Waals surface area contributed by atoms with Gasteiger partial charge in [-0.3, -0.25) is 0 Å². The van der Waals surface area contributed by atoms with Gasteiger partial charge in [-0.1, -0.05) is 49.4 Å². The molecule has 2 N–H and O–H groups in total. The van der Waals surface area contributed by atoms with Gasteiger partial charge in [0.05, 0.1) is 17.1 Å². The molecule has 1 atom stereocenters. The lowest BCUT2D eigenvalue weighted by Gasteiger charge is -2.19. The fourth-order valence-electron chi connectivity index (χ4n) is 2.63. The lowest BCUT2D eigenvalue weighted by Crippen LogP contribution is -2.12. The van der Waals surface area contributed by atoms with Crippen LogP contribution in [0.1, 0.15) is 24.9 Å². The highest BCUT2D eigenvalue weighted by molar-refractivity contribution is 5.78. The second kappa shape index (κ2) is 4.76. The molecule has 2 aromatic carbocycles. The van der Waals surface area contributed by atoms with Gasteiger partial charge >= 0.3 is 0 Å². The summed E-state index contributed by atoms with van der Waals surface area (Å²) >= 11 is 0. The number of para-hydroxylation sites is 2. The monoisotopic (exact) mass is 251 g/mol. The SMILES string of the molecule is CCC(c1ccccc1)n1c(N)nc2ccccc21. The predicted molar refractivity (Wildman–Crippen MR) is 79.0 cm³/mol. The highest BCUT2D eigenvalue weighted by Gasteiger charge is 2.17. The Hall–Kier alpha value is -2.29. The van der Waals surface area contributed by atoms with Crippen LogP contribution in [0.15, 0.2) is 54.6 Å². The Morgan fingerprint density at radius 2 is 1.74 bits per heavy atom. The highest BCUT2D eigenvalue weighted by Crippen LogP contribution is 2.29. The molecular weight excluding hydrogens is 234 g/mol. The van der Waals surface area contributed by atoms with Crippen molar-refractivity contribution in [3.63, 3.8) is 0 Å². The number of rotatable bonds is 3. The van der Waals surface area contributed by atoms with Crippen LogP contribution in [0, 0.1) is 0 Å². The summed E-state index contributed by atoms with van der Waals surface area (Å²) in [6, 6.07) is 18.8. The Morgan fingerprint density at radius 1 is 1.05 bits per heavy atom. The number of nitrogens with zero attached hydrogens (tertiary/aromatic N) is 2. The minimum absolute atomic E-state index is 0.230. The van der Waals surface area contributed by atoms with E-state index in [2.05, 4.69) is 46.8 Å². The van der Waals surface area contributed by atoms with E-state index in [9.17, 15) is 0 Å². The number of aromatic nitrogens is 2. The highest BCUT2D eigenvalue weighted by atomic mass is 15.2. The minimum Gasteiger partial charge on any atom is -0.369 e. The van der Waals surface area contributed by atoms with Crippen molar-refractivity contribution in [2.24, 2.45) is 0 Å². The number of anilines is 1. The Bertz CT molecular complexity index is 686. The number of imidazole rings is 1. The quantitative estimate of drug-likeness (QED) is 0.772. The first-order valence-electron chi connectivity index (χ1n) is 6.58. The van der Waals surface area contributed by atoms with E-state index in [-0.39, 0.29) is 6.04 Å². The fourth-order valence-corrected chi connectivity index (χ4v) is 2.63. The van der Waals surface area contributed by atoms with Crippen LogP contribution in [0.2, 0.25) is 0 Å². The summed E-state index contributed by atoms with van der Waals surface area (Å²) in [5.74, 6) is 0.580. The van der Waals surface area contributed by atoms with Crippen molar-refractivity contribution in [3.8, 4) is 0 Å². The molecule has 0 amide bonds. The molecule has 0 aliphatic carbocycles. The summed E-state index contributed by atoms with van der Waals surface area (Å²) in [5, 5.41) is 0. The Labute approximate surface area is 112 Å². The van der Waals surface area contributed by atoms with E-state index in [1.807, 2.05) is 24.3 Å². The van der Waals surface area contributed by atoms with Crippen molar-refractivity contribution in [1.82, 2.24) is 9.55 Å². The molecule has 0 aliphatic rings. The van der Waals surface area contributed by atoms with Crippen LogP contribution < -0.4 is 5.73 Å². The zero-order valence-electron chi connectivity index (χ0n) is 11.0. The van der Waals surface area contributed by atoms with Crippen LogP contribution in [0.25, 0.3) is 11.0 Å². The molecule has 96 valence electrons. The predicted octanol–water partition coefficient (Wildman–Crippen LogP) is 3.62. The lowest BCUT2D eigenvalue weighted by molar-refractivity contribution is 0.589. The van der Waals surface area contributed by atoms with Crippen LogP contribution in [0.4, 0.5) is 5.95 Å². The number of fused-ring (bicyclic) bond motifs is 1. The van der Waals surface area contributed by atoms with Gasteiger partial charge in [-0.2, -0.15) is 0 Å². The third-order valence-electron chi connectivity index (χ3n) is 3.51. The second-order valence-corrected chi connectivity index (χ2v) is 4.66. The molecule has 0 saturated carbocycles. The van der Waals surface area contributed by atoms with Crippen molar-refractivity contribution in [3.05, 3.63) is 60.2 Å². The van der Waals surface area contributed by atoms with Gasteiger partial charge in [-0.15, -0.1) is 0 Å².